The molecule has 1 fully saturated rings. The van der Waals surface area contributed by atoms with E-state index in [0.717, 1.165) is 18.4 Å². The summed E-state index contributed by atoms with van der Waals surface area (Å²) in [7, 11) is 0. The van der Waals surface area contributed by atoms with Gasteiger partial charge in [0.25, 0.3) is 0 Å². The minimum atomic E-state index is -1.70. The largest absolute Gasteiger partial charge is 0.504 e. The third-order valence-corrected chi connectivity index (χ3v) is 4.71. The van der Waals surface area contributed by atoms with Gasteiger partial charge in [-0.15, -0.1) is 0 Å². The van der Waals surface area contributed by atoms with Crippen molar-refractivity contribution in [1.29, 1.82) is 0 Å². The molecule has 1 saturated heterocycles. The number of carbonyl (C=O) groups excluding carboxylic acids is 1. The van der Waals surface area contributed by atoms with Crippen LogP contribution >= 0.6 is 0 Å². The molecule has 5 atom stereocenters. The van der Waals surface area contributed by atoms with E-state index in [-0.39, 0.29) is 23.0 Å². The Labute approximate surface area is 181 Å². The van der Waals surface area contributed by atoms with Crippen LogP contribution in [0.1, 0.15) is 11.3 Å². The van der Waals surface area contributed by atoms with Crippen molar-refractivity contribution in [3.8, 4) is 17.2 Å². The van der Waals surface area contributed by atoms with E-state index >= 15 is 0 Å². The lowest BCUT2D eigenvalue weighted by atomic mass is 9.99. The van der Waals surface area contributed by atoms with E-state index in [9.17, 15) is 35.1 Å². The zero-order valence-corrected chi connectivity index (χ0v) is 16.8. The molecular weight excluding hydrogens is 428 g/mol. The van der Waals surface area contributed by atoms with Gasteiger partial charge in [-0.25, -0.2) is 4.79 Å². The van der Waals surface area contributed by atoms with Gasteiger partial charge in [0, 0.05) is 12.1 Å². The zero-order chi connectivity index (χ0) is 23.4. The fourth-order valence-electron chi connectivity index (χ4n) is 2.93. The average molecular weight is 450 g/mol. The number of carbonyl (C=O) groups is 1. The van der Waals surface area contributed by atoms with Crippen LogP contribution in [-0.4, -0.2) is 68.8 Å². The van der Waals surface area contributed by atoms with Crippen LogP contribution < -0.4 is 10.2 Å². The summed E-state index contributed by atoms with van der Waals surface area (Å²) < 4.78 is 20.8. The lowest BCUT2D eigenvalue weighted by Crippen LogP contribution is -2.60. The van der Waals surface area contributed by atoms with Crippen LogP contribution in [0.2, 0.25) is 0 Å². The number of hydrogen-bond donors (Lipinski definition) is 5. The maximum Gasteiger partial charge on any atom is 0.330 e. The fraction of sp³-hybridized carbons (Fsp3) is 0.333. The van der Waals surface area contributed by atoms with E-state index in [1.54, 1.807) is 0 Å². The van der Waals surface area contributed by atoms with Crippen LogP contribution in [0.4, 0.5) is 0 Å². The molecular formula is C21H22O11. The molecule has 11 heteroatoms. The van der Waals surface area contributed by atoms with E-state index in [1.165, 1.54) is 31.2 Å². The third-order valence-electron chi connectivity index (χ3n) is 4.71. The first-order valence-electron chi connectivity index (χ1n) is 9.49. The number of benzene rings is 1. The summed E-state index contributed by atoms with van der Waals surface area (Å²) in [6.07, 6.45) is -4.30. The Morgan fingerprint density at radius 1 is 1.09 bits per heavy atom. The summed E-state index contributed by atoms with van der Waals surface area (Å²) in [6, 6.07) is 5.03. The average Bonchev–Trinajstić information content (AvgIpc) is 2.76. The van der Waals surface area contributed by atoms with E-state index in [4.69, 9.17) is 18.6 Å². The second-order valence-electron chi connectivity index (χ2n) is 7.01. The number of aliphatic hydroxyl groups excluding tert-OH is 3. The molecule has 32 heavy (non-hydrogen) atoms. The predicted molar refractivity (Wildman–Crippen MR) is 107 cm³/mol. The maximum atomic E-state index is 12.0. The highest BCUT2D eigenvalue weighted by Gasteiger charge is 2.45. The Hall–Kier alpha value is -3.38. The second-order valence-corrected chi connectivity index (χ2v) is 7.01. The first-order chi connectivity index (χ1) is 15.2. The van der Waals surface area contributed by atoms with Gasteiger partial charge < -0.3 is 44.2 Å². The van der Waals surface area contributed by atoms with Crippen molar-refractivity contribution in [2.24, 2.45) is 0 Å². The van der Waals surface area contributed by atoms with Gasteiger partial charge >= 0.3 is 5.97 Å². The maximum absolute atomic E-state index is 12.0. The van der Waals surface area contributed by atoms with E-state index in [1.807, 2.05) is 0 Å². The number of rotatable bonds is 6. The van der Waals surface area contributed by atoms with Crippen molar-refractivity contribution >= 4 is 12.0 Å². The molecule has 172 valence electrons. The lowest BCUT2D eigenvalue weighted by molar-refractivity contribution is -0.278. The molecule has 1 aromatic carbocycles. The van der Waals surface area contributed by atoms with E-state index in [2.05, 4.69) is 0 Å². The number of phenolic OH excluding ortho intramolecular Hbond substituents is 2. The first kappa shape index (κ1) is 23.3. The van der Waals surface area contributed by atoms with Crippen LogP contribution in [0.25, 0.3) is 6.08 Å². The quantitative estimate of drug-likeness (QED) is 0.224. The minimum absolute atomic E-state index is 0.113. The van der Waals surface area contributed by atoms with Crippen molar-refractivity contribution in [3.63, 3.8) is 0 Å². The first-order valence-corrected chi connectivity index (χ1v) is 9.49. The minimum Gasteiger partial charge on any atom is -0.504 e. The Kier molecular flexibility index (Phi) is 7.15. The van der Waals surface area contributed by atoms with Crippen LogP contribution in [0.15, 0.2) is 45.8 Å². The van der Waals surface area contributed by atoms with Gasteiger partial charge in [0.1, 0.15) is 36.8 Å². The second kappa shape index (κ2) is 9.83. The Bertz CT molecular complexity index is 1040. The molecule has 3 rings (SSSR count). The molecule has 1 aromatic heterocycles. The number of aliphatic hydroxyl groups is 3. The molecule has 0 saturated carbocycles. The molecule has 0 aliphatic carbocycles. The van der Waals surface area contributed by atoms with Gasteiger partial charge in [-0.1, -0.05) is 6.07 Å². The van der Waals surface area contributed by atoms with Crippen molar-refractivity contribution in [2.45, 2.75) is 37.6 Å². The number of phenols is 2. The predicted octanol–water partition coefficient (Wildman–Crippen LogP) is -0.198. The number of hydrogen-bond acceptors (Lipinski definition) is 11. The number of aromatic hydroxyl groups is 2. The molecule has 0 unspecified atom stereocenters. The van der Waals surface area contributed by atoms with Gasteiger partial charge in [-0.2, -0.15) is 0 Å². The topological polar surface area (TPSA) is 176 Å². The summed E-state index contributed by atoms with van der Waals surface area (Å²) in [5.41, 5.74) is -0.131. The molecule has 11 nitrogen and oxygen atoms in total. The van der Waals surface area contributed by atoms with E-state index in [0.29, 0.717) is 5.56 Å². The Morgan fingerprint density at radius 2 is 1.84 bits per heavy atom. The standard InChI is InChI=1S/C21H22O11/c1-10-20(13(23)6-7-29-10)32-21-19(28)18(27)17(26)15(31-21)9-30-16(25)5-3-11-2-4-12(22)14(24)8-11/h2-8,15,17-19,21-22,24,26-28H,9H2,1H3/b5-3+/t15-,17-,18+,19-,21+/m1/s1. The van der Waals surface area contributed by atoms with Gasteiger partial charge in [-0.3, -0.25) is 4.79 Å². The number of esters is 1. The Balaban J connectivity index is 1.63. The summed E-state index contributed by atoms with van der Waals surface area (Å²) in [4.78, 5) is 23.9. The third kappa shape index (κ3) is 5.26. The van der Waals surface area contributed by atoms with Crippen LogP contribution in [0, 0.1) is 6.92 Å². The van der Waals surface area contributed by atoms with Gasteiger partial charge in [-0.05, 0) is 30.7 Å². The molecule has 2 aromatic rings. The van der Waals surface area contributed by atoms with Crippen molar-refractivity contribution in [2.75, 3.05) is 6.61 Å². The zero-order valence-electron chi connectivity index (χ0n) is 16.8. The molecule has 1 aliphatic rings. The molecule has 1 aliphatic heterocycles. The molecule has 2 heterocycles. The lowest BCUT2D eigenvalue weighted by Gasteiger charge is -2.39. The van der Waals surface area contributed by atoms with Crippen LogP contribution in [0.3, 0.4) is 0 Å². The summed E-state index contributed by atoms with van der Waals surface area (Å²) in [5, 5.41) is 49.1. The number of ether oxygens (including phenoxy) is 3. The van der Waals surface area contributed by atoms with E-state index < -0.39 is 48.7 Å². The molecule has 0 radical (unpaired) electrons. The van der Waals surface area contributed by atoms with Crippen LogP contribution in [-0.2, 0) is 14.3 Å². The van der Waals surface area contributed by atoms with Gasteiger partial charge in [0.05, 0.1) is 6.26 Å². The Morgan fingerprint density at radius 3 is 2.53 bits per heavy atom. The van der Waals surface area contributed by atoms with Gasteiger partial charge in [0.15, 0.2) is 11.5 Å². The normalized spacial score (nSPS) is 25.6. The smallest absolute Gasteiger partial charge is 0.330 e. The molecule has 5 N–H and O–H groups in total. The number of aryl methyl sites for hydroxylation is 1. The van der Waals surface area contributed by atoms with Crippen molar-refractivity contribution in [1.82, 2.24) is 0 Å². The van der Waals surface area contributed by atoms with Crippen LogP contribution in [0.5, 0.6) is 17.2 Å². The summed E-state index contributed by atoms with van der Waals surface area (Å²) in [6.45, 7) is 0.952. The fourth-order valence-corrected chi connectivity index (χ4v) is 2.93. The SMILES string of the molecule is Cc1occc(=O)c1O[C@@H]1O[C@H](COC(=O)/C=C/c2ccc(O)c(O)c2)[C@@H](O)[C@H](O)[C@H]1O. The highest BCUT2D eigenvalue weighted by molar-refractivity contribution is 5.87. The van der Waals surface area contributed by atoms with Crippen molar-refractivity contribution < 1.29 is 49.0 Å². The molecule has 0 amide bonds. The van der Waals surface area contributed by atoms with Gasteiger partial charge in [0.2, 0.25) is 17.5 Å². The summed E-state index contributed by atoms with van der Waals surface area (Å²) >= 11 is 0. The highest BCUT2D eigenvalue weighted by Crippen LogP contribution is 2.26. The molecule has 0 spiro atoms. The summed E-state index contributed by atoms with van der Waals surface area (Å²) in [5.74, 6) is -1.63. The molecule has 0 bridgehead atoms. The highest BCUT2D eigenvalue weighted by atomic mass is 16.7. The van der Waals surface area contributed by atoms with Crippen molar-refractivity contribution in [3.05, 3.63) is 58.2 Å². The monoisotopic (exact) mass is 450 g/mol.